The quantitative estimate of drug-likeness (QED) is 0.662. The van der Waals surface area contributed by atoms with Crippen molar-refractivity contribution in [3.63, 3.8) is 0 Å². The molecule has 120 valence electrons. The average molecular weight is 303 g/mol. The number of ether oxygens (including phenoxy) is 2. The van der Waals surface area contributed by atoms with Crippen molar-refractivity contribution in [3.8, 4) is 11.5 Å². The Kier molecular flexibility index (Phi) is 4.14. The fraction of sp³-hybridized carbons (Fsp3) is 0.588. The maximum Gasteiger partial charge on any atom is 0.193 e. The summed E-state index contributed by atoms with van der Waals surface area (Å²) in [6, 6.07) is 5.76. The third-order valence-electron chi connectivity index (χ3n) is 4.70. The number of hydrogen-bond acceptors (Lipinski definition) is 3. The largest absolute Gasteiger partial charge is 0.490 e. The number of benzene rings is 1. The lowest BCUT2D eigenvalue weighted by Gasteiger charge is -2.17. The molecule has 0 radical (unpaired) electrons. The maximum absolute atomic E-state index is 6.01. The topological polar surface area (TPSA) is 68.9 Å². The number of nitrogens with one attached hydrogen (secondary N) is 1. The SMILES string of the molecule is CC(C)C1(CN=C(N)Nc2ccc3c(c2)OCCCO3)CC1. The molecule has 1 aliphatic heterocycles. The summed E-state index contributed by atoms with van der Waals surface area (Å²) >= 11 is 0. The van der Waals surface area contributed by atoms with Crippen molar-refractivity contribution in [3.05, 3.63) is 18.2 Å². The third-order valence-corrected chi connectivity index (χ3v) is 4.70. The van der Waals surface area contributed by atoms with Crippen molar-refractivity contribution in [1.82, 2.24) is 0 Å². The summed E-state index contributed by atoms with van der Waals surface area (Å²) in [6.45, 7) is 6.69. The molecule has 0 unspecified atom stereocenters. The van der Waals surface area contributed by atoms with E-state index in [4.69, 9.17) is 15.2 Å². The lowest BCUT2D eigenvalue weighted by Crippen LogP contribution is -2.25. The standard InChI is InChI=1S/C17H25N3O2/c1-12(2)17(6-7-17)11-19-16(18)20-13-4-5-14-15(10-13)22-9-3-8-21-14/h4-5,10,12H,3,6-9,11H2,1-2H3,(H3,18,19,20). The first-order valence-corrected chi connectivity index (χ1v) is 8.06. The zero-order chi connectivity index (χ0) is 15.6. The Balaban J connectivity index is 1.64. The third kappa shape index (κ3) is 3.29. The van der Waals surface area contributed by atoms with Gasteiger partial charge in [0.2, 0.25) is 0 Å². The molecule has 5 nitrogen and oxygen atoms in total. The average Bonchev–Trinajstić information content (AvgIpc) is 3.29. The first-order valence-electron chi connectivity index (χ1n) is 8.06. The number of anilines is 1. The minimum Gasteiger partial charge on any atom is -0.490 e. The summed E-state index contributed by atoms with van der Waals surface area (Å²) in [4.78, 5) is 4.52. The van der Waals surface area contributed by atoms with E-state index in [9.17, 15) is 0 Å². The monoisotopic (exact) mass is 303 g/mol. The highest BCUT2D eigenvalue weighted by molar-refractivity contribution is 5.92. The Morgan fingerprint density at radius 3 is 2.68 bits per heavy atom. The lowest BCUT2D eigenvalue weighted by molar-refractivity contribution is 0.297. The highest BCUT2D eigenvalue weighted by Gasteiger charge is 2.45. The van der Waals surface area contributed by atoms with E-state index >= 15 is 0 Å². The Morgan fingerprint density at radius 2 is 2.00 bits per heavy atom. The van der Waals surface area contributed by atoms with Crippen LogP contribution in [0.3, 0.4) is 0 Å². The van der Waals surface area contributed by atoms with Crippen molar-refractivity contribution in [2.24, 2.45) is 22.1 Å². The van der Waals surface area contributed by atoms with Crippen LogP contribution in [0.1, 0.15) is 33.1 Å². The molecular weight excluding hydrogens is 278 g/mol. The van der Waals surface area contributed by atoms with Crippen molar-refractivity contribution < 1.29 is 9.47 Å². The van der Waals surface area contributed by atoms with Crippen molar-refractivity contribution in [2.45, 2.75) is 33.1 Å². The summed E-state index contributed by atoms with van der Waals surface area (Å²) in [5.74, 6) is 2.66. The predicted octanol–water partition coefficient (Wildman–Crippen LogP) is 3.01. The molecule has 22 heavy (non-hydrogen) atoms. The van der Waals surface area contributed by atoms with Gasteiger partial charge in [0.05, 0.1) is 13.2 Å². The fourth-order valence-corrected chi connectivity index (χ4v) is 2.75. The van der Waals surface area contributed by atoms with Crippen LogP contribution in [0.15, 0.2) is 23.2 Å². The first-order chi connectivity index (χ1) is 10.6. The van der Waals surface area contributed by atoms with Gasteiger partial charge in [-0.05, 0) is 36.3 Å². The minimum absolute atomic E-state index is 0.372. The van der Waals surface area contributed by atoms with E-state index in [1.165, 1.54) is 12.8 Å². The van der Waals surface area contributed by atoms with E-state index < -0.39 is 0 Å². The maximum atomic E-state index is 6.01. The van der Waals surface area contributed by atoms with Crippen LogP contribution in [-0.2, 0) is 0 Å². The molecule has 1 saturated carbocycles. The Labute approximate surface area is 131 Å². The van der Waals surface area contributed by atoms with Gasteiger partial charge in [0, 0.05) is 24.7 Å². The van der Waals surface area contributed by atoms with Crippen LogP contribution in [0.25, 0.3) is 0 Å². The Bertz CT molecular complexity index is 565. The molecule has 1 aromatic rings. The van der Waals surface area contributed by atoms with Crippen LogP contribution in [0.5, 0.6) is 11.5 Å². The summed E-state index contributed by atoms with van der Waals surface area (Å²) in [5.41, 5.74) is 7.26. The van der Waals surface area contributed by atoms with Gasteiger partial charge >= 0.3 is 0 Å². The summed E-state index contributed by atoms with van der Waals surface area (Å²) < 4.78 is 11.3. The molecule has 0 bridgehead atoms. The molecule has 2 aliphatic rings. The highest BCUT2D eigenvalue weighted by atomic mass is 16.5. The zero-order valence-corrected chi connectivity index (χ0v) is 13.4. The predicted molar refractivity (Wildman–Crippen MR) is 88.7 cm³/mol. The van der Waals surface area contributed by atoms with Gasteiger partial charge in [-0.2, -0.15) is 0 Å². The van der Waals surface area contributed by atoms with Crippen LogP contribution in [0.2, 0.25) is 0 Å². The molecule has 1 aliphatic carbocycles. The van der Waals surface area contributed by atoms with Gasteiger partial charge in [-0.15, -0.1) is 0 Å². The molecule has 5 heteroatoms. The van der Waals surface area contributed by atoms with E-state index in [-0.39, 0.29) is 0 Å². The molecule has 0 aromatic heterocycles. The molecule has 1 fully saturated rings. The van der Waals surface area contributed by atoms with Gasteiger partial charge in [0.25, 0.3) is 0 Å². The molecule has 0 atom stereocenters. The molecule has 3 rings (SSSR count). The molecular formula is C17H25N3O2. The summed E-state index contributed by atoms with van der Waals surface area (Å²) in [6.07, 6.45) is 3.41. The van der Waals surface area contributed by atoms with E-state index in [0.717, 1.165) is 30.2 Å². The smallest absolute Gasteiger partial charge is 0.193 e. The number of rotatable bonds is 4. The Morgan fingerprint density at radius 1 is 1.27 bits per heavy atom. The van der Waals surface area contributed by atoms with Gasteiger partial charge in [-0.1, -0.05) is 13.8 Å². The number of hydrogen-bond donors (Lipinski definition) is 2. The number of nitrogens with two attached hydrogens (primary N) is 1. The van der Waals surface area contributed by atoms with Gasteiger partial charge < -0.3 is 20.5 Å². The molecule has 3 N–H and O–H groups in total. The van der Waals surface area contributed by atoms with Crippen LogP contribution >= 0.6 is 0 Å². The molecule has 1 heterocycles. The van der Waals surface area contributed by atoms with Crippen LogP contribution < -0.4 is 20.5 Å². The fourth-order valence-electron chi connectivity index (χ4n) is 2.75. The molecule has 0 saturated heterocycles. The van der Waals surface area contributed by atoms with Crippen molar-refractivity contribution in [2.75, 3.05) is 25.1 Å². The van der Waals surface area contributed by atoms with Gasteiger partial charge in [-0.25, -0.2) is 0 Å². The molecule has 0 amide bonds. The van der Waals surface area contributed by atoms with Crippen molar-refractivity contribution >= 4 is 11.6 Å². The van der Waals surface area contributed by atoms with Gasteiger partial charge in [-0.3, -0.25) is 4.99 Å². The van der Waals surface area contributed by atoms with Gasteiger partial charge in [0.15, 0.2) is 17.5 Å². The van der Waals surface area contributed by atoms with E-state index in [0.29, 0.717) is 30.5 Å². The number of aliphatic imine (C=N–C) groups is 1. The number of guanidine groups is 1. The first kappa shape index (κ1) is 15.0. The summed E-state index contributed by atoms with van der Waals surface area (Å²) in [5, 5.41) is 3.14. The second-order valence-corrected chi connectivity index (χ2v) is 6.56. The number of fused-ring (bicyclic) bond motifs is 1. The normalized spacial score (nSPS) is 19.7. The van der Waals surface area contributed by atoms with Crippen LogP contribution in [0, 0.1) is 11.3 Å². The second-order valence-electron chi connectivity index (χ2n) is 6.56. The Hall–Kier alpha value is -1.91. The van der Waals surface area contributed by atoms with Crippen LogP contribution in [0.4, 0.5) is 5.69 Å². The van der Waals surface area contributed by atoms with Crippen molar-refractivity contribution in [1.29, 1.82) is 0 Å². The second kappa shape index (κ2) is 6.07. The number of nitrogens with zero attached hydrogens (tertiary/aromatic N) is 1. The molecule has 1 aromatic carbocycles. The van der Waals surface area contributed by atoms with Crippen LogP contribution in [-0.4, -0.2) is 25.7 Å². The van der Waals surface area contributed by atoms with E-state index in [1.54, 1.807) is 0 Å². The van der Waals surface area contributed by atoms with E-state index in [2.05, 4.69) is 24.2 Å². The van der Waals surface area contributed by atoms with E-state index in [1.807, 2.05) is 18.2 Å². The van der Waals surface area contributed by atoms with Gasteiger partial charge in [0.1, 0.15) is 0 Å². The zero-order valence-electron chi connectivity index (χ0n) is 13.4. The molecule has 0 spiro atoms. The highest BCUT2D eigenvalue weighted by Crippen LogP contribution is 2.51. The lowest BCUT2D eigenvalue weighted by atomic mass is 9.93. The summed E-state index contributed by atoms with van der Waals surface area (Å²) in [7, 11) is 0. The minimum atomic E-state index is 0.372.